The number of amides is 4. The minimum Gasteiger partial charge on any atom is -0.361 e. The maximum absolute atomic E-state index is 13.9. The van der Waals surface area contributed by atoms with Gasteiger partial charge in [-0.1, -0.05) is 17.3 Å². The van der Waals surface area contributed by atoms with Crippen molar-refractivity contribution in [2.24, 2.45) is 5.92 Å². The van der Waals surface area contributed by atoms with Crippen molar-refractivity contribution >= 4 is 29.2 Å². The molecule has 10 heteroatoms. The predicted molar refractivity (Wildman–Crippen MR) is 129 cm³/mol. The van der Waals surface area contributed by atoms with E-state index >= 15 is 0 Å². The Hall–Kier alpha value is -3.53. The van der Waals surface area contributed by atoms with E-state index in [2.05, 4.69) is 15.5 Å². The minimum atomic E-state index is -1.20. The van der Waals surface area contributed by atoms with Crippen molar-refractivity contribution in [2.75, 3.05) is 19.6 Å². The van der Waals surface area contributed by atoms with Gasteiger partial charge in [-0.05, 0) is 56.5 Å². The van der Waals surface area contributed by atoms with Crippen LogP contribution in [0.4, 0.5) is 4.79 Å². The molecule has 9 nitrogen and oxygen atoms in total. The first-order valence-corrected chi connectivity index (χ1v) is 12.6. The lowest BCUT2D eigenvalue weighted by Crippen LogP contribution is -2.54. The molecule has 0 aliphatic carbocycles. The molecule has 0 radical (unpaired) electrons. The standard InChI is InChI=1S/C25H27N5O4S/c1-16-21(17(2)34-28-16)22(31)29-11-7-18(8-12-29)25(19-5-3-10-26-15-19)23(32)30(24(33)27-25)13-9-20-6-4-14-35-20/h3-6,10,14-15,18H,7-9,11-13H2,1-2H3,(H,27,33)/t25-/m1/s1. The lowest BCUT2D eigenvalue weighted by molar-refractivity contribution is -0.134. The molecule has 0 spiro atoms. The number of thiophene rings is 1. The first-order valence-electron chi connectivity index (χ1n) is 11.7. The average Bonchev–Trinajstić information content (AvgIpc) is 3.57. The number of aromatic nitrogens is 2. The second-order valence-corrected chi connectivity index (χ2v) is 10.1. The van der Waals surface area contributed by atoms with Crippen LogP contribution in [0, 0.1) is 19.8 Å². The van der Waals surface area contributed by atoms with Gasteiger partial charge in [0.2, 0.25) is 0 Å². The third kappa shape index (κ3) is 4.01. The van der Waals surface area contributed by atoms with Gasteiger partial charge in [0.15, 0.2) is 5.54 Å². The van der Waals surface area contributed by atoms with Crippen LogP contribution in [0.3, 0.4) is 0 Å². The first kappa shape index (κ1) is 23.2. The third-order valence-electron chi connectivity index (χ3n) is 7.05. The number of aryl methyl sites for hydroxylation is 2. The second kappa shape index (κ2) is 9.26. The Kier molecular flexibility index (Phi) is 6.14. The van der Waals surface area contributed by atoms with Gasteiger partial charge in [0.25, 0.3) is 11.8 Å². The van der Waals surface area contributed by atoms with E-state index in [-0.39, 0.29) is 23.8 Å². The molecular weight excluding hydrogens is 466 g/mol. The lowest BCUT2D eigenvalue weighted by Gasteiger charge is -2.41. The Bertz CT molecular complexity index is 1210. The fourth-order valence-electron chi connectivity index (χ4n) is 5.24. The molecule has 0 aromatic carbocycles. The number of nitrogens with zero attached hydrogens (tertiary/aromatic N) is 4. The minimum absolute atomic E-state index is 0.116. The summed E-state index contributed by atoms with van der Waals surface area (Å²) >= 11 is 1.61. The van der Waals surface area contributed by atoms with Crippen LogP contribution in [0.1, 0.15) is 45.1 Å². The maximum Gasteiger partial charge on any atom is 0.325 e. The number of carbonyl (C=O) groups excluding carboxylic acids is 3. The zero-order valence-electron chi connectivity index (χ0n) is 19.7. The number of pyridine rings is 1. The number of likely N-dealkylation sites (tertiary alicyclic amines) is 1. The number of imide groups is 1. The van der Waals surface area contributed by atoms with E-state index in [9.17, 15) is 14.4 Å². The summed E-state index contributed by atoms with van der Waals surface area (Å²) in [7, 11) is 0. The quantitative estimate of drug-likeness (QED) is 0.528. The molecule has 5 rings (SSSR count). The Morgan fingerprint density at radius 3 is 2.66 bits per heavy atom. The summed E-state index contributed by atoms with van der Waals surface area (Å²) in [6, 6.07) is 7.20. The molecule has 4 amide bonds. The van der Waals surface area contributed by atoms with Crippen molar-refractivity contribution in [3.8, 4) is 0 Å². The molecule has 1 N–H and O–H groups in total. The molecular formula is C25H27N5O4S. The highest BCUT2D eigenvalue weighted by atomic mass is 32.1. The molecule has 0 bridgehead atoms. The van der Waals surface area contributed by atoms with Gasteiger partial charge in [-0.15, -0.1) is 11.3 Å². The summed E-state index contributed by atoms with van der Waals surface area (Å²) in [6.45, 7) is 4.73. The van der Waals surface area contributed by atoms with Crippen LogP contribution in [0.2, 0.25) is 0 Å². The van der Waals surface area contributed by atoms with E-state index in [1.807, 2.05) is 23.6 Å². The Morgan fingerprint density at radius 1 is 1.23 bits per heavy atom. The molecule has 2 fully saturated rings. The lowest BCUT2D eigenvalue weighted by atomic mass is 9.73. The molecule has 5 heterocycles. The van der Waals surface area contributed by atoms with Gasteiger partial charge in [0, 0.05) is 42.5 Å². The van der Waals surface area contributed by atoms with Crippen LogP contribution >= 0.6 is 11.3 Å². The summed E-state index contributed by atoms with van der Waals surface area (Å²) < 4.78 is 5.17. The van der Waals surface area contributed by atoms with Gasteiger partial charge in [0.1, 0.15) is 11.3 Å². The van der Waals surface area contributed by atoms with E-state index in [0.717, 1.165) is 4.88 Å². The number of rotatable bonds is 6. The summed E-state index contributed by atoms with van der Waals surface area (Å²) in [5.74, 6) is -0.0401. The molecule has 3 aromatic heterocycles. The summed E-state index contributed by atoms with van der Waals surface area (Å²) in [5, 5.41) is 8.93. The number of carbonyl (C=O) groups is 3. The van der Waals surface area contributed by atoms with Gasteiger partial charge in [0.05, 0.1) is 5.69 Å². The molecule has 182 valence electrons. The number of piperidine rings is 1. The number of hydrogen-bond acceptors (Lipinski definition) is 7. The van der Waals surface area contributed by atoms with Gasteiger partial charge in [-0.25, -0.2) is 4.79 Å². The van der Waals surface area contributed by atoms with E-state index in [1.165, 1.54) is 4.90 Å². The van der Waals surface area contributed by atoms with Crippen LogP contribution < -0.4 is 5.32 Å². The molecule has 3 aromatic rings. The molecule has 2 aliphatic rings. The summed E-state index contributed by atoms with van der Waals surface area (Å²) in [5.41, 5.74) is 0.544. The SMILES string of the molecule is Cc1noc(C)c1C(=O)N1CCC([C@]2(c3cccnc3)NC(=O)N(CCc3cccs3)C2=O)CC1. The summed E-state index contributed by atoms with van der Waals surface area (Å²) in [6.07, 6.45) is 5.05. The van der Waals surface area contributed by atoms with E-state index in [0.29, 0.717) is 61.5 Å². The highest BCUT2D eigenvalue weighted by molar-refractivity contribution is 7.09. The fourth-order valence-corrected chi connectivity index (χ4v) is 5.94. The molecule has 2 saturated heterocycles. The van der Waals surface area contributed by atoms with Gasteiger partial charge in [-0.3, -0.25) is 19.5 Å². The largest absolute Gasteiger partial charge is 0.361 e. The van der Waals surface area contributed by atoms with Crippen LogP contribution in [-0.2, 0) is 16.8 Å². The second-order valence-electron chi connectivity index (χ2n) is 9.03. The van der Waals surface area contributed by atoms with E-state index < -0.39 is 5.54 Å². The Labute approximate surface area is 207 Å². The van der Waals surface area contributed by atoms with Crippen LogP contribution in [0.15, 0.2) is 46.6 Å². The van der Waals surface area contributed by atoms with Crippen molar-refractivity contribution < 1.29 is 18.9 Å². The average molecular weight is 494 g/mol. The van der Waals surface area contributed by atoms with Crippen LogP contribution in [0.5, 0.6) is 0 Å². The molecule has 1 atom stereocenters. The van der Waals surface area contributed by atoms with Crippen molar-refractivity contribution in [3.05, 3.63) is 69.5 Å². The van der Waals surface area contributed by atoms with Gasteiger partial charge < -0.3 is 14.7 Å². The van der Waals surface area contributed by atoms with Crippen LogP contribution in [-0.4, -0.2) is 57.4 Å². The molecule has 35 heavy (non-hydrogen) atoms. The monoisotopic (exact) mass is 493 g/mol. The number of urea groups is 1. The van der Waals surface area contributed by atoms with E-state index in [4.69, 9.17) is 4.52 Å². The highest BCUT2D eigenvalue weighted by Crippen LogP contribution is 2.41. The van der Waals surface area contributed by atoms with Gasteiger partial charge in [-0.2, -0.15) is 0 Å². The van der Waals surface area contributed by atoms with Crippen LogP contribution in [0.25, 0.3) is 0 Å². The highest BCUT2D eigenvalue weighted by Gasteiger charge is 2.57. The summed E-state index contributed by atoms with van der Waals surface area (Å²) in [4.78, 5) is 48.6. The Morgan fingerprint density at radius 2 is 2.03 bits per heavy atom. The maximum atomic E-state index is 13.9. The predicted octanol–water partition coefficient (Wildman–Crippen LogP) is 3.29. The number of hydrogen-bond donors (Lipinski definition) is 1. The zero-order valence-corrected chi connectivity index (χ0v) is 20.5. The Balaban J connectivity index is 1.38. The van der Waals surface area contributed by atoms with Crippen molar-refractivity contribution in [3.63, 3.8) is 0 Å². The van der Waals surface area contributed by atoms with Crippen molar-refractivity contribution in [2.45, 2.75) is 38.6 Å². The zero-order chi connectivity index (χ0) is 24.6. The van der Waals surface area contributed by atoms with Crippen molar-refractivity contribution in [1.82, 2.24) is 25.3 Å². The first-order chi connectivity index (χ1) is 16.9. The fraction of sp³-hybridized carbons (Fsp3) is 0.400. The number of nitrogens with one attached hydrogen (secondary N) is 1. The molecule has 0 saturated carbocycles. The smallest absolute Gasteiger partial charge is 0.325 e. The van der Waals surface area contributed by atoms with E-state index in [1.54, 1.807) is 48.5 Å². The topological polar surface area (TPSA) is 109 Å². The van der Waals surface area contributed by atoms with Gasteiger partial charge >= 0.3 is 6.03 Å². The third-order valence-corrected chi connectivity index (χ3v) is 7.99. The molecule has 2 aliphatic heterocycles. The van der Waals surface area contributed by atoms with Crippen molar-refractivity contribution in [1.29, 1.82) is 0 Å². The molecule has 0 unspecified atom stereocenters. The normalized spacial score (nSPS) is 21.0.